The van der Waals surface area contributed by atoms with Crippen LogP contribution in [0.25, 0.3) is 0 Å². The number of benzene rings is 2. The third kappa shape index (κ3) is 3.69. The van der Waals surface area contributed by atoms with E-state index in [1.165, 1.54) is 7.11 Å². The van der Waals surface area contributed by atoms with Gasteiger partial charge in [0.1, 0.15) is 17.4 Å². The number of hydrogen-bond donors (Lipinski definition) is 1. The smallest absolute Gasteiger partial charge is 0.335 e. The van der Waals surface area contributed by atoms with Crippen LogP contribution in [0.3, 0.4) is 0 Å². The number of nitrogens with one attached hydrogen (secondary N) is 1. The van der Waals surface area contributed by atoms with Crippen LogP contribution in [0.5, 0.6) is 11.5 Å². The molecule has 1 aliphatic rings. The second-order valence-corrected chi connectivity index (χ2v) is 6.42. The SMILES string of the molecule is CCc1ccc(N2C(=O)NC(=O)[C@H](Cc3ccc(OC)cc3OC)C2=O)cc1. The summed E-state index contributed by atoms with van der Waals surface area (Å²) in [6.07, 6.45) is 0.952. The van der Waals surface area contributed by atoms with E-state index >= 15 is 0 Å². The lowest BCUT2D eigenvalue weighted by molar-refractivity contribution is -0.134. The lowest BCUT2D eigenvalue weighted by atomic mass is 9.94. The molecule has 2 aromatic rings. The number of hydrogen-bond acceptors (Lipinski definition) is 5. The average Bonchev–Trinajstić information content (AvgIpc) is 2.71. The van der Waals surface area contributed by atoms with Crippen molar-refractivity contribution < 1.29 is 23.9 Å². The lowest BCUT2D eigenvalue weighted by Gasteiger charge is -2.30. The van der Waals surface area contributed by atoms with Crippen molar-refractivity contribution >= 4 is 23.5 Å². The molecule has 1 fully saturated rings. The predicted octanol–water partition coefficient (Wildman–Crippen LogP) is 2.71. The van der Waals surface area contributed by atoms with E-state index < -0.39 is 23.8 Å². The number of rotatable bonds is 6. The van der Waals surface area contributed by atoms with Crippen molar-refractivity contribution in [3.8, 4) is 11.5 Å². The number of carbonyl (C=O) groups is 3. The number of barbiturate groups is 1. The van der Waals surface area contributed by atoms with E-state index in [1.807, 2.05) is 19.1 Å². The fourth-order valence-corrected chi connectivity index (χ4v) is 3.16. The zero-order chi connectivity index (χ0) is 20.3. The van der Waals surface area contributed by atoms with Gasteiger partial charge in [-0.05, 0) is 42.2 Å². The summed E-state index contributed by atoms with van der Waals surface area (Å²) in [5.74, 6) is -1.10. The van der Waals surface area contributed by atoms with Gasteiger partial charge in [0.15, 0.2) is 0 Å². The predicted molar refractivity (Wildman–Crippen MR) is 104 cm³/mol. The number of anilines is 1. The molecule has 7 nitrogen and oxygen atoms in total. The Hall–Kier alpha value is -3.35. The molecule has 146 valence electrons. The molecule has 0 aromatic heterocycles. The molecule has 4 amide bonds. The number of methoxy groups -OCH3 is 2. The first-order chi connectivity index (χ1) is 13.5. The Balaban J connectivity index is 1.89. The Labute approximate surface area is 163 Å². The molecular formula is C21H22N2O5. The molecule has 3 rings (SSSR count). The molecule has 0 radical (unpaired) electrons. The Morgan fingerprint density at radius 2 is 1.71 bits per heavy atom. The van der Waals surface area contributed by atoms with Gasteiger partial charge in [-0.2, -0.15) is 0 Å². The van der Waals surface area contributed by atoms with Crippen molar-refractivity contribution in [1.29, 1.82) is 0 Å². The van der Waals surface area contributed by atoms with Crippen molar-refractivity contribution in [2.75, 3.05) is 19.1 Å². The van der Waals surface area contributed by atoms with Crippen molar-refractivity contribution in [1.82, 2.24) is 5.32 Å². The second-order valence-electron chi connectivity index (χ2n) is 6.42. The first-order valence-electron chi connectivity index (χ1n) is 8.97. The van der Waals surface area contributed by atoms with E-state index in [-0.39, 0.29) is 6.42 Å². The molecule has 0 saturated carbocycles. The number of nitrogens with zero attached hydrogens (tertiary/aromatic N) is 1. The summed E-state index contributed by atoms with van der Waals surface area (Å²) in [7, 11) is 3.05. The molecule has 7 heteroatoms. The number of imide groups is 2. The Morgan fingerprint density at radius 3 is 2.32 bits per heavy atom. The molecule has 28 heavy (non-hydrogen) atoms. The van der Waals surface area contributed by atoms with Crippen LogP contribution in [0.15, 0.2) is 42.5 Å². The van der Waals surface area contributed by atoms with Gasteiger partial charge in [-0.3, -0.25) is 14.9 Å². The largest absolute Gasteiger partial charge is 0.497 e. The van der Waals surface area contributed by atoms with Gasteiger partial charge in [0.05, 0.1) is 19.9 Å². The topological polar surface area (TPSA) is 84.9 Å². The zero-order valence-electron chi connectivity index (χ0n) is 16.0. The molecule has 2 aromatic carbocycles. The minimum Gasteiger partial charge on any atom is -0.497 e. The van der Waals surface area contributed by atoms with E-state index in [9.17, 15) is 14.4 Å². The monoisotopic (exact) mass is 382 g/mol. The van der Waals surface area contributed by atoms with E-state index in [2.05, 4.69) is 5.32 Å². The first-order valence-corrected chi connectivity index (χ1v) is 8.97. The quantitative estimate of drug-likeness (QED) is 0.777. The van der Waals surface area contributed by atoms with E-state index in [0.29, 0.717) is 22.7 Å². The third-order valence-electron chi connectivity index (χ3n) is 4.79. The Morgan fingerprint density at radius 1 is 1.00 bits per heavy atom. The van der Waals surface area contributed by atoms with Crippen molar-refractivity contribution in [2.24, 2.45) is 5.92 Å². The normalized spacial score (nSPS) is 16.8. The first kappa shape index (κ1) is 19.4. The van der Waals surface area contributed by atoms with Crippen LogP contribution in [-0.4, -0.2) is 32.1 Å². The summed E-state index contributed by atoms with van der Waals surface area (Å²) in [4.78, 5) is 38.7. The standard InChI is InChI=1S/C21H22N2O5/c1-4-13-5-8-15(9-6-13)23-20(25)17(19(24)22-21(23)26)11-14-7-10-16(27-2)12-18(14)28-3/h5-10,12,17H,4,11H2,1-3H3,(H,22,24,26)/t17-/m0/s1. The van der Waals surface area contributed by atoms with Gasteiger partial charge in [-0.1, -0.05) is 25.1 Å². The highest BCUT2D eigenvalue weighted by atomic mass is 16.5. The molecule has 1 heterocycles. The summed E-state index contributed by atoms with van der Waals surface area (Å²) in [6, 6.07) is 11.5. The van der Waals surface area contributed by atoms with E-state index in [4.69, 9.17) is 9.47 Å². The van der Waals surface area contributed by atoms with Gasteiger partial charge in [0.25, 0.3) is 0 Å². The van der Waals surface area contributed by atoms with Crippen LogP contribution >= 0.6 is 0 Å². The lowest BCUT2D eigenvalue weighted by Crippen LogP contribution is -2.58. The summed E-state index contributed by atoms with van der Waals surface area (Å²) in [6.45, 7) is 2.02. The van der Waals surface area contributed by atoms with E-state index in [1.54, 1.807) is 37.4 Å². The van der Waals surface area contributed by atoms with E-state index in [0.717, 1.165) is 16.9 Å². The Bertz CT molecular complexity index is 908. The molecule has 1 aliphatic heterocycles. The molecule has 0 bridgehead atoms. The van der Waals surface area contributed by atoms with Crippen molar-refractivity contribution in [3.63, 3.8) is 0 Å². The minimum absolute atomic E-state index is 0.106. The summed E-state index contributed by atoms with van der Waals surface area (Å²) in [5, 5.41) is 2.28. The van der Waals surface area contributed by atoms with Crippen LogP contribution in [0.4, 0.5) is 10.5 Å². The van der Waals surface area contributed by atoms with Gasteiger partial charge in [0.2, 0.25) is 11.8 Å². The molecule has 0 unspecified atom stereocenters. The number of ether oxygens (including phenoxy) is 2. The van der Waals surface area contributed by atoms with Crippen LogP contribution in [-0.2, 0) is 22.4 Å². The van der Waals surface area contributed by atoms with Crippen LogP contribution in [0.1, 0.15) is 18.1 Å². The van der Waals surface area contributed by atoms with Crippen molar-refractivity contribution in [3.05, 3.63) is 53.6 Å². The zero-order valence-corrected chi connectivity index (χ0v) is 16.0. The maximum absolute atomic E-state index is 13.0. The second kappa shape index (κ2) is 8.12. The third-order valence-corrected chi connectivity index (χ3v) is 4.79. The molecule has 0 aliphatic carbocycles. The van der Waals surface area contributed by atoms with Crippen molar-refractivity contribution in [2.45, 2.75) is 19.8 Å². The summed E-state index contributed by atoms with van der Waals surface area (Å²) >= 11 is 0. The number of amides is 4. The molecule has 0 spiro atoms. The highest BCUT2D eigenvalue weighted by molar-refractivity contribution is 6.27. The Kier molecular flexibility index (Phi) is 5.63. The maximum Gasteiger partial charge on any atom is 0.335 e. The number of aryl methyl sites for hydroxylation is 1. The molecule has 1 N–H and O–H groups in total. The van der Waals surface area contributed by atoms with Crippen LogP contribution in [0, 0.1) is 5.92 Å². The maximum atomic E-state index is 13.0. The molecular weight excluding hydrogens is 360 g/mol. The van der Waals surface area contributed by atoms with Gasteiger partial charge < -0.3 is 9.47 Å². The fourth-order valence-electron chi connectivity index (χ4n) is 3.16. The average molecular weight is 382 g/mol. The minimum atomic E-state index is -1.04. The van der Waals surface area contributed by atoms with Gasteiger partial charge in [-0.25, -0.2) is 9.69 Å². The van der Waals surface area contributed by atoms with Crippen LogP contribution in [0.2, 0.25) is 0 Å². The number of carbonyl (C=O) groups excluding carboxylic acids is 3. The fraction of sp³-hybridized carbons (Fsp3) is 0.286. The van der Waals surface area contributed by atoms with Gasteiger partial charge in [-0.15, -0.1) is 0 Å². The number of urea groups is 1. The highest BCUT2D eigenvalue weighted by Crippen LogP contribution is 2.29. The molecule has 1 saturated heterocycles. The van der Waals surface area contributed by atoms with Gasteiger partial charge in [0, 0.05) is 6.07 Å². The molecule has 1 atom stereocenters. The summed E-state index contributed by atoms with van der Waals surface area (Å²) < 4.78 is 10.5. The summed E-state index contributed by atoms with van der Waals surface area (Å²) in [5.41, 5.74) is 2.19. The van der Waals surface area contributed by atoms with Gasteiger partial charge >= 0.3 is 6.03 Å². The highest BCUT2D eigenvalue weighted by Gasteiger charge is 2.41. The van der Waals surface area contributed by atoms with Crippen LogP contribution < -0.4 is 19.7 Å².